The Balaban J connectivity index is 2.76. The number of carboxylic acids is 1. The van der Waals surface area contributed by atoms with Crippen molar-refractivity contribution in [2.24, 2.45) is 5.92 Å². The van der Waals surface area contributed by atoms with Gasteiger partial charge in [0.2, 0.25) is 10.0 Å². The molecule has 2 N–H and O–H groups in total. The first-order valence-electron chi connectivity index (χ1n) is 5.72. The third-order valence-electron chi connectivity index (χ3n) is 2.81. The van der Waals surface area contributed by atoms with Crippen molar-refractivity contribution in [3.8, 4) is 0 Å². The van der Waals surface area contributed by atoms with Gasteiger partial charge in [0.05, 0.1) is 4.90 Å². The Hall–Kier alpha value is -0.920. The molecule has 0 aromatic carbocycles. The number of rotatable bonds is 7. The van der Waals surface area contributed by atoms with Crippen molar-refractivity contribution >= 4 is 27.3 Å². The van der Waals surface area contributed by atoms with Crippen LogP contribution in [0.15, 0.2) is 16.3 Å². The fraction of sp³-hybridized carbons (Fsp3) is 0.545. The van der Waals surface area contributed by atoms with Crippen molar-refractivity contribution < 1.29 is 18.3 Å². The van der Waals surface area contributed by atoms with Crippen LogP contribution in [0.25, 0.3) is 0 Å². The van der Waals surface area contributed by atoms with Crippen molar-refractivity contribution in [1.29, 1.82) is 0 Å². The van der Waals surface area contributed by atoms with Crippen LogP contribution in [0.3, 0.4) is 0 Å². The van der Waals surface area contributed by atoms with E-state index < -0.39 is 16.0 Å². The monoisotopic (exact) mass is 291 g/mol. The summed E-state index contributed by atoms with van der Waals surface area (Å²) in [4.78, 5) is 10.7. The molecule has 1 aromatic heterocycles. The topological polar surface area (TPSA) is 83.5 Å². The highest BCUT2D eigenvalue weighted by atomic mass is 32.2. The van der Waals surface area contributed by atoms with Gasteiger partial charge in [-0.3, -0.25) is 0 Å². The van der Waals surface area contributed by atoms with Gasteiger partial charge >= 0.3 is 5.97 Å². The lowest BCUT2D eigenvalue weighted by atomic mass is 10.0. The molecule has 1 aromatic rings. The van der Waals surface area contributed by atoms with Crippen LogP contribution in [0.2, 0.25) is 0 Å². The Kier molecular flexibility index (Phi) is 5.30. The van der Waals surface area contributed by atoms with E-state index in [1.54, 1.807) is 0 Å². The van der Waals surface area contributed by atoms with E-state index >= 15 is 0 Å². The second-order valence-corrected chi connectivity index (χ2v) is 6.66. The van der Waals surface area contributed by atoms with Gasteiger partial charge < -0.3 is 5.11 Å². The molecule has 0 radical (unpaired) electrons. The van der Waals surface area contributed by atoms with Crippen LogP contribution in [-0.4, -0.2) is 26.0 Å². The van der Waals surface area contributed by atoms with Gasteiger partial charge in [-0.25, -0.2) is 17.9 Å². The number of sulfonamides is 1. The summed E-state index contributed by atoms with van der Waals surface area (Å²) in [6.45, 7) is 4.40. The number of thiophene rings is 1. The van der Waals surface area contributed by atoms with E-state index in [-0.39, 0.29) is 9.77 Å². The Labute approximate surface area is 111 Å². The number of hydrogen-bond acceptors (Lipinski definition) is 4. The minimum absolute atomic E-state index is 0.0239. The van der Waals surface area contributed by atoms with Crippen molar-refractivity contribution in [3.05, 3.63) is 16.3 Å². The summed E-state index contributed by atoms with van der Waals surface area (Å²) >= 11 is 0.912. The summed E-state index contributed by atoms with van der Waals surface area (Å²) in [6.07, 6.45) is 1.81. The Morgan fingerprint density at radius 3 is 2.50 bits per heavy atom. The highest BCUT2D eigenvalue weighted by Gasteiger charge is 2.19. The zero-order chi connectivity index (χ0) is 13.8. The number of aromatic carboxylic acids is 1. The smallest absolute Gasteiger partial charge is 0.345 e. The van der Waals surface area contributed by atoms with Crippen molar-refractivity contribution in [2.75, 3.05) is 6.54 Å². The normalized spacial score (nSPS) is 11.9. The van der Waals surface area contributed by atoms with E-state index in [4.69, 9.17) is 5.11 Å². The molecule has 0 spiro atoms. The highest BCUT2D eigenvalue weighted by molar-refractivity contribution is 7.89. The Bertz CT molecular complexity index is 503. The maximum atomic E-state index is 11.9. The van der Waals surface area contributed by atoms with Crippen LogP contribution in [0, 0.1) is 5.92 Å². The summed E-state index contributed by atoms with van der Waals surface area (Å²) in [7, 11) is -3.59. The van der Waals surface area contributed by atoms with E-state index in [0.717, 1.165) is 24.2 Å². The van der Waals surface area contributed by atoms with E-state index in [9.17, 15) is 13.2 Å². The van der Waals surface area contributed by atoms with E-state index in [1.165, 1.54) is 11.4 Å². The average Bonchev–Trinajstić information content (AvgIpc) is 2.80. The second kappa shape index (κ2) is 6.31. The van der Waals surface area contributed by atoms with Gasteiger partial charge in [0.15, 0.2) is 0 Å². The predicted octanol–water partition coefficient (Wildman–Crippen LogP) is 2.16. The van der Waals surface area contributed by atoms with Gasteiger partial charge in [0.1, 0.15) is 4.88 Å². The fourth-order valence-electron chi connectivity index (χ4n) is 1.46. The van der Waals surface area contributed by atoms with E-state index in [1.807, 2.05) is 13.8 Å². The second-order valence-electron chi connectivity index (χ2n) is 3.99. The van der Waals surface area contributed by atoms with Gasteiger partial charge in [-0.05, 0) is 12.0 Å². The standard InChI is InChI=1S/C11H17NO4S2/c1-3-8(4-2)6-12-18(15,16)9-5-10(11(13)14)17-7-9/h5,7-8,12H,3-4,6H2,1-2H3,(H,13,14). The predicted molar refractivity (Wildman–Crippen MR) is 70.5 cm³/mol. The van der Waals surface area contributed by atoms with Gasteiger partial charge in [0, 0.05) is 11.9 Å². The first-order valence-corrected chi connectivity index (χ1v) is 8.08. The zero-order valence-electron chi connectivity index (χ0n) is 10.3. The molecule has 0 unspecified atom stereocenters. The molecule has 0 atom stereocenters. The molecule has 1 heterocycles. The lowest BCUT2D eigenvalue weighted by Gasteiger charge is -2.12. The molecule has 5 nitrogen and oxygen atoms in total. The molecular formula is C11H17NO4S2. The lowest BCUT2D eigenvalue weighted by Crippen LogP contribution is -2.28. The van der Waals surface area contributed by atoms with Crippen LogP contribution in [0.4, 0.5) is 0 Å². The largest absolute Gasteiger partial charge is 0.477 e. The van der Waals surface area contributed by atoms with Crippen molar-refractivity contribution in [1.82, 2.24) is 4.72 Å². The molecule has 0 saturated heterocycles. The molecule has 0 fully saturated rings. The maximum Gasteiger partial charge on any atom is 0.345 e. The maximum absolute atomic E-state index is 11.9. The van der Waals surface area contributed by atoms with Gasteiger partial charge in [-0.1, -0.05) is 26.7 Å². The first-order chi connectivity index (χ1) is 8.40. The molecule has 18 heavy (non-hydrogen) atoms. The summed E-state index contributed by atoms with van der Waals surface area (Å²) in [6, 6.07) is 1.18. The molecule has 0 aliphatic rings. The quantitative estimate of drug-likeness (QED) is 0.806. The Morgan fingerprint density at radius 1 is 1.44 bits per heavy atom. The number of nitrogens with one attached hydrogen (secondary N) is 1. The third kappa shape index (κ3) is 3.79. The summed E-state index contributed by atoms with van der Waals surface area (Å²) in [5, 5.41) is 10.1. The minimum Gasteiger partial charge on any atom is -0.477 e. The molecule has 0 aliphatic carbocycles. The molecular weight excluding hydrogens is 274 g/mol. The number of carbonyl (C=O) groups is 1. The lowest BCUT2D eigenvalue weighted by molar-refractivity contribution is 0.0702. The first kappa shape index (κ1) is 15.1. The highest BCUT2D eigenvalue weighted by Crippen LogP contribution is 2.19. The van der Waals surface area contributed by atoms with Gasteiger partial charge in [-0.15, -0.1) is 11.3 Å². The van der Waals surface area contributed by atoms with Crippen LogP contribution >= 0.6 is 11.3 Å². The Morgan fingerprint density at radius 2 is 2.06 bits per heavy atom. The van der Waals surface area contributed by atoms with Crippen LogP contribution < -0.4 is 4.72 Å². The van der Waals surface area contributed by atoms with Gasteiger partial charge in [0.25, 0.3) is 0 Å². The molecule has 7 heteroatoms. The van der Waals surface area contributed by atoms with Crippen molar-refractivity contribution in [3.63, 3.8) is 0 Å². The summed E-state index contributed by atoms with van der Waals surface area (Å²) in [5.41, 5.74) is 0. The molecule has 0 aliphatic heterocycles. The summed E-state index contributed by atoms with van der Waals surface area (Å²) < 4.78 is 26.3. The number of hydrogen-bond donors (Lipinski definition) is 2. The van der Waals surface area contributed by atoms with E-state index in [2.05, 4.69) is 4.72 Å². The summed E-state index contributed by atoms with van der Waals surface area (Å²) in [5.74, 6) is -0.807. The number of carboxylic acid groups (broad SMARTS) is 1. The molecule has 1 rings (SSSR count). The average molecular weight is 291 g/mol. The van der Waals surface area contributed by atoms with Crippen LogP contribution in [0.5, 0.6) is 0 Å². The SMILES string of the molecule is CCC(CC)CNS(=O)(=O)c1csc(C(=O)O)c1. The van der Waals surface area contributed by atoms with Gasteiger partial charge in [-0.2, -0.15) is 0 Å². The molecule has 0 saturated carbocycles. The third-order valence-corrected chi connectivity index (χ3v) is 5.28. The molecule has 0 amide bonds. The zero-order valence-corrected chi connectivity index (χ0v) is 12.0. The fourth-order valence-corrected chi connectivity index (χ4v) is 3.69. The van der Waals surface area contributed by atoms with Crippen LogP contribution in [0.1, 0.15) is 36.4 Å². The molecule has 0 bridgehead atoms. The minimum atomic E-state index is -3.59. The van der Waals surface area contributed by atoms with Crippen LogP contribution in [-0.2, 0) is 10.0 Å². The van der Waals surface area contributed by atoms with E-state index in [0.29, 0.717) is 12.5 Å². The van der Waals surface area contributed by atoms with Crippen molar-refractivity contribution in [2.45, 2.75) is 31.6 Å². The molecule has 102 valence electrons.